The molecule has 0 amide bonds. The highest BCUT2D eigenvalue weighted by Crippen LogP contribution is 2.54. The zero-order valence-electron chi connectivity index (χ0n) is 23.6. The van der Waals surface area contributed by atoms with Crippen molar-refractivity contribution >= 4 is 25.8 Å². The molecule has 2 unspecified atom stereocenters. The van der Waals surface area contributed by atoms with E-state index in [1.807, 2.05) is 36.4 Å². The first-order valence-electron chi connectivity index (χ1n) is 14.1. The molecule has 1 aliphatic heterocycles. The van der Waals surface area contributed by atoms with E-state index < -0.39 is 15.1 Å². The van der Waals surface area contributed by atoms with Gasteiger partial charge in [-0.2, -0.15) is 0 Å². The molecule has 0 spiro atoms. The largest absolute Gasteiger partial charge is 0.497 e. The van der Waals surface area contributed by atoms with E-state index in [1.54, 1.807) is 20.3 Å². The highest BCUT2D eigenvalue weighted by Gasteiger charge is 2.51. The number of hydrogen-bond acceptors (Lipinski definition) is 4. The summed E-state index contributed by atoms with van der Waals surface area (Å²) in [5.74, 6) is 1.28. The van der Waals surface area contributed by atoms with E-state index in [0.717, 1.165) is 71.9 Å². The second-order valence-corrected chi connectivity index (χ2v) is 13.8. The van der Waals surface area contributed by atoms with Gasteiger partial charge in [0, 0.05) is 12.0 Å². The molecule has 0 aliphatic carbocycles. The molecule has 0 aromatic heterocycles. The lowest BCUT2D eigenvalue weighted by Crippen LogP contribution is -2.42. The van der Waals surface area contributed by atoms with Crippen LogP contribution in [0.5, 0.6) is 11.5 Å². The lowest BCUT2D eigenvalue weighted by molar-refractivity contribution is 0.185. The van der Waals surface area contributed by atoms with Crippen LogP contribution in [0.15, 0.2) is 76.1 Å². The quantitative estimate of drug-likeness (QED) is 0.217. The third kappa shape index (κ3) is 6.22. The van der Waals surface area contributed by atoms with Gasteiger partial charge < -0.3 is 9.47 Å². The van der Waals surface area contributed by atoms with Crippen LogP contribution in [0.4, 0.5) is 0 Å². The van der Waals surface area contributed by atoms with Gasteiger partial charge in [0.15, 0.2) is 9.84 Å². The van der Waals surface area contributed by atoms with E-state index in [0.29, 0.717) is 17.1 Å². The number of benzene rings is 3. The number of halogens is 1. The van der Waals surface area contributed by atoms with Crippen molar-refractivity contribution in [3.63, 3.8) is 0 Å². The van der Waals surface area contributed by atoms with E-state index >= 15 is 0 Å². The van der Waals surface area contributed by atoms with E-state index in [9.17, 15) is 8.42 Å². The molecule has 0 N–H and O–H groups in total. The molecule has 210 valence electrons. The molecule has 0 bridgehead atoms. The molecule has 3 aromatic rings. The van der Waals surface area contributed by atoms with Crippen LogP contribution in [-0.2, 0) is 16.3 Å². The van der Waals surface area contributed by atoms with Gasteiger partial charge in [0.25, 0.3) is 0 Å². The Bertz CT molecular complexity index is 1330. The van der Waals surface area contributed by atoms with Crippen molar-refractivity contribution in [3.8, 4) is 11.5 Å². The number of methoxy groups -OCH3 is 2. The smallest absolute Gasteiger partial charge is 0.182 e. The number of fused-ring (bicyclic) bond motifs is 1. The number of sulfone groups is 1. The van der Waals surface area contributed by atoms with E-state index in [2.05, 4.69) is 54.0 Å². The number of rotatable bonds is 11. The van der Waals surface area contributed by atoms with Crippen LogP contribution in [-0.4, -0.2) is 27.9 Å². The highest BCUT2D eigenvalue weighted by molar-refractivity contribution is 9.10. The Morgan fingerprint density at radius 3 is 2.10 bits per heavy atom. The Morgan fingerprint density at radius 1 is 0.897 bits per heavy atom. The van der Waals surface area contributed by atoms with Crippen molar-refractivity contribution in [3.05, 3.63) is 87.9 Å². The van der Waals surface area contributed by atoms with Gasteiger partial charge in [-0.15, -0.1) is 0 Å². The summed E-state index contributed by atoms with van der Waals surface area (Å²) < 4.78 is 41.7. The van der Waals surface area contributed by atoms with Crippen molar-refractivity contribution < 1.29 is 17.9 Å². The summed E-state index contributed by atoms with van der Waals surface area (Å²) in [6.45, 7) is 4.39. The summed E-state index contributed by atoms with van der Waals surface area (Å²) in [6.07, 6.45) is 7.11. The van der Waals surface area contributed by atoms with Crippen LogP contribution in [0.2, 0.25) is 0 Å². The van der Waals surface area contributed by atoms with Crippen LogP contribution in [0.25, 0.3) is 0 Å². The van der Waals surface area contributed by atoms with Crippen LogP contribution in [0.1, 0.15) is 81.4 Å². The first kappa shape index (κ1) is 29.7. The topological polar surface area (TPSA) is 52.6 Å². The molecule has 0 fully saturated rings. The zero-order chi connectivity index (χ0) is 28.0. The molecule has 3 aromatic carbocycles. The molecule has 2 atom stereocenters. The predicted molar refractivity (Wildman–Crippen MR) is 163 cm³/mol. The Kier molecular flexibility index (Phi) is 9.82. The minimum atomic E-state index is -3.72. The van der Waals surface area contributed by atoms with Gasteiger partial charge in [-0.05, 0) is 81.9 Å². The summed E-state index contributed by atoms with van der Waals surface area (Å²) in [5.41, 5.74) is 2.67. The molecular formula is C33H41BrO4S. The normalized spacial score (nSPS) is 19.6. The maximum Gasteiger partial charge on any atom is 0.182 e. The van der Waals surface area contributed by atoms with Crippen molar-refractivity contribution in [2.45, 2.75) is 81.3 Å². The summed E-state index contributed by atoms with van der Waals surface area (Å²) in [7, 11) is -0.484. The summed E-state index contributed by atoms with van der Waals surface area (Å²) in [4.78, 5) is 0.407. The molecule has 0 saturated carbocycles. The fourth-order valence-electron chi connectivity index (χ4n) is 6.35. The van der Waals surface area contributed by atoms with Crippen molar-refractivity contribution in [2.24, 2.45) is 5.41 Å². The van der Waals surface area contributed by atoms with E-state index in [1.165, 1.54) is 0 Å². The van der Waals surface area contributed by atoms with Gasteiger partial charge in [-0.25, -0.2) is 8.42 Å². The summed E-state index contributed by atoms with van der Waals surface area (Å²) in [6, 6.07) is 22.1. The number of hydrogen-bond donors (Lipinski definition) is 0. The molecule has 1 aliphatic rings. The second-order valence-electron chi connectivity index (χ2n) is 10.8. The molecular weight excluding hydrogens is 572 g/mol. The lowest BCUT2D eigenvalue weighted by atomic mass is 9.66. The van der Waals surface area contributed by atoms with Crippen molar-refractivity contribution in [2.75, 3.05) is 14.2 Å². The minimum absolute atomic E-state index is 0.0345. The van der Waals surface area contributed by atoms with Crippen LogP contribution in [0, 0.1) is 5.41 Å². The zero-order valence-corrected chi connectivity index (χ0v) is 26.0. The third-order valence-electron chi connectivity index (χ3n) is 8.47. The molecule has 39 heavy (non-hydrogen) atoms. The average Bonchev–Trinajstić information content (AvgIpc) is 3.03. The monoisotopic (exact) mass is 612 g/mol. The molecule has 0 radical (unpaired) electrons. The SMILES string of the molecule is CCCCC1(CCCC)CC(c2ccccc2)c2cc(Br)c(OC)cc2S(=O)(=O)C1Cc1ccc(OC)cc1. The fraction of sp³-hybridized carbons (Fsp3) is 0.455. The van der Waals surface area contributed by atoms with Gasteiger partial charge in [0.2, 0.25) is 0 Å². The maximum absolute atomic E-state index is 15.0. The van der Waals surface area contributed by atoms with E-state index in [4.69, 9.17) is 9.47 Å². The minimum Gasteiger partial charge on any atom is -0.497 e. The molecule has 4 nitrogen and oxygen atoms in total. The van der Waals surface area contributed by atoms with Gasteiger partial charge in [-0.3, -0.25) is 0 Å². The number of unbranched alkanes of at least 4 members (excludes halogenated alkanes) is 2. The van der Waals surface area contributed by atoms with Crippen molar-refractivity contribution in [1.82, 2.24) is 0 Å². The van der Waals surface area contributed by atoms with Crippen LogP contribution >= 0.6 is 15.9 Å². The van der Waals surface area contributed by atoms with Crippen molar-refractivity contribution in [1.29, 1.82) is 0 Å². The Morgan fingerprint density at radius 2 is 1.54 bits per heavy atom. The van der Waals surface area contributed by atoms with Crippen LogP contribution < -0.4 is 9.47 Å². The molecule has 4 rings (SSSR count). The van der Waals surface area contributed by atoms with Crippen LogP contribution in [0.3, 0.4) is 0 Å². The summed E-state index contributed by atoms with van der Waals surface area (Å²) in [5, 5.41) is -0.546. The second kappa shape index (κ2) is 12.9. The standard InChI is InChI=1S/C33H41BrO4S/c1-5-7-18-33(19-8-6-2)23-28(25-12-10-9-11-13-25)27-21-29(34)30(38-4)22-31(27)39(35,36)32(33)20-24-14-16-26(37-3)17-15-24/h9-17,21-22,28,32H,5-8,18-20,23H2,1-4H3. The van der Waals surface area contributed by atoms with Gasteiger partial charge in [0.05, 0.1) is 28.8 Å². The average molecular weight is 614 g/mol. The Balaban J connectivity index is 1.99. The fourth-order valence-corrected chi connectivity index (χ4v) is 9.38. The third-order valence-corrected chi connectivity index (χ3v) is 11.5. The predicted octanol–water partition coefficient (Wildman–Crippen LogP) is 8.75. The first-order chi connectivity index (χ1) is 18.8. The maximum atomic E-state index is 15.0. The first-order valence-corrected chi connectivity index (χ1v) is 16.4. The van der Waals surface area contributed by atoms with E-state index in [-0.39, 0.29) is 11.3 Å². The number of ether oxygens (including phenoxy) is 2. The summed E-state index contributed by atoms with van der Waals surface area (Å²) >= 11 is 3.66. The molecule has 6 heteroatoms. The highest BCUT2D eigenvalue weighted by atomic mass is 79.9. The molecule has 1 heterocycles. The Labute approximate surface area is 243 Å². The van der Waals surface area contributed by atoms with Gasteiger partial charge in [0.1, 0.15) is 11.5 Å². The van der Waals surface area contributed by atoms with Gasteiger partial charge >= 0.3 is 0 Å². The molecule has 0 saturated heterocycles. The Hall–Kier alpha value is -2.31. The van der Waals surface area contributed by atoms with Gasteiger partial charge in [-0.1, -0.05) is 82.0 Å². The lowest BCUT2D eigenvalue weighted by Gasteiger charge is -2.41.